The number of hydrogen-bond acceptors (Lipinski definition) is 6. The number of carbonyl (C=O) groups excluding carboxylic acids is 1. The summed E-state index contributed by atoms with van der Waals surface area (Å²) in [6.45, 7) is 0.738. The molecule has 0 radical (unpaired) electrons. The monoisotopic (exact) mass is 409 g/mol. The maximum Gasteiger partial charge on any atom is 0.252 e. The molecule has 1 fully saturated rings. The van der Waals surface area contributed by atoms with Crippen LogP contribution in [0.15, 0.2) is 41.9 Å². The normalized spacial score (nSPS) is 19.1. The van der Waals surface area contributed by atoms with Crippen LogP contribution < -0.4 is 15.5 Å². The largest absolute Gasteiger partial charge is 0.363 e. The summed E-state index contributed by atoms with van der Waals surface area (Å²) < 4.78 is 1.16. The van der Waals surface area contributed by atoms with Crippen LogP contribution in [0.1, 0.15) is 36.0 Å². The number of carbonyl (C=O) groups is 1. The SMILES string of the molecule is CN(C)c1ccnc(NC2CCC(CNC(=O)c3csc4ccccc34)CC2)n1. The lowest BCUT2D eigenvalue weighted by molar-refractivity contribution is 0.0945. The van der Waals surface area contributed by atoms with Crippen LogP contribution in [0.3, 0.4) is 0 Å². The van der Waals surface area contributed by atoms with Gasteiger partial charge in [-0.1, -0.05) is 18.2 Å². The van der Waals surface area contributed by atoms with E-state index in [1.54, 1.807) is 17.5 Å². The van der Waals surface area contributed by atoms with Crippen LogP contribution in [0.25, 0.3) is 10.1 Å². The fraction of sp³-hybridized carbons (Fsp3) is 0.409. The molecule has 2 heterocycles. The Morgan fingerprint density at radius 3 is 2.76 bits per heavy atom. The molecule has 0 saturated heterocycles. The molecule has 3 aromatic rings. The van der Waals surface area contributed by atoms with Crippen molar-refractivity contribution in [3.8, 4) is 0 Å². The summed E-state index contributed by atoms with van der Waals surface area (Å²) >= 11 is 1.62. The maximum absolute atomic E-state index is 12.6. The van der Waals surface area contributed by atoms with E-state index in [1.165, 1.54) is 0 Å². The molecule has 1 aromatic carbocycles. The van der Waals surface area contributed by atoms with Gasteiger partial charge in [-0.2, -0.15) is 4.98 Å². The average Bonchev–Trinajstić information content (AvgIpc) is 3.17. The van der Waals surface area contributed by atoms with E-state index >= 15 is 0 Å². The Morgan fingerprint density at radius 2 is 1.97 bits per heavy atom. The molecule has 0 atom stereocenters. The third-order valence-electron chi connectivity index (χ3n) is 5.56. The van der Waals surface area contributed by atoms with Crippen molar-refractivity contribution in [2.45, 2.75) is 31.7 Å². The molecule has 4 rings (SSSR count). The predicted octanol–water partition coefficient (Wildman–Crippen LogP) is 4.16. The minimum Gasteiger partial charge on any atom is -0.363 e. The molecule has 1 aliphatic carbocycles. The summed E-state index contributed by atoms with van der Waals surface area (Å²) in [4.78, 5) is 23.5. The zero-order valence-corrected chi connectivity index (χ0v) is 17.7. The molecular weight excluding hydrogens is 382 g/mol. The fourth-order valence-corrected chi connectivity index (χ4v) is 4.79. The smallest absolute Gasteiger partial charge is 0.252 e. The number of aromatic nitrogens is 2. The molecular formula is C22H27N5OS. The van der Waals surface area contributed by atoms with Gasteiger partial charge in [0.05, 0.1) is 5.56 Å². The molecule has 1 aliphatic rings. The van der Waals surface area contributed by atoms with Gasteiger partial charge in [-0.15, -0.1) is 11.3 Å². The molecule has 2 N–H and O–H groups in total. The van der Waals surface area contributed by atoms with E-state index < -0.39 is 0 Å². The van der Waals surface area contributed by atoms with Gasteiger partial charge in [0.15, 0.2) is 0 Å². The van der Waals surface area contributed by atoms with Crippen molar-refractivity contribution in [3.63, 3.8) is 0 Å². The van der Waals surface area contributed by atoms with Gasteiger partial charge in [0.2, 0.25) is 5.95 Å². The second-order valence-corrected chi connectivity index (χ2v) is 8.76. The first-order valence-corrected chi connectivity index (χ1v) is 11.0. The molecule has 0 aliphatic heterocycles. The van der Waals surface area contributed by atoms with Crippen LogP contribution in [0, 0.1) is 5.92 Å². The summed E-state index contributed by atoms with van der Waals surface area (Å²) in [5.41, 5.74) is 0.791. The van der Waals surface area contributed by atoms with Gasteiger partial charge in [-0.05, 0) is 43.7 Å². The van der Waals surface area contributed by atoms with Crippen LogP contribution in [0.5, 0.6) is 0 Å². The highest BCUT2D eigenvalue weighted by Gasteiger charge is 2.23. The molecule has 1 saturated carbocycles. The average molecular weight is 410 g/mol. The van der Waals surface area contributed by atoms with E-state index in [0.717, 1.165) is 53.7 Å². The molecule has 6 nitrogen and oxygen atoms in total. The zero-order chi connectivity index (χ0) is 20.2. The number of fused-ring (bicyclic) bond motifs is 1. The second kappa shape index (κ2) is 8.78. The molecule has 7 heteroatoms. The lowest BCUT2D eigenvalue weighted by Gasteiger charge is -2.29. The van der Waals surface area contributed by atoms with Gasteiger partial charge in [-0.25, -0.2) is 4.98 Å². The van der Waals surface area contributed by atoms with E-state index in [2.05, 4.69) is 26.7 Å². The van der Waals surface area contributed by atoms with Crippen LogP contribution in [0.4, 0.5) is 11.8 Å². The standard InChI is InChI=1S/C22H27N5OS/c1-27(2)20-11-12-23-22(26-20)25-16-9-7-15(8-10-16)13-24-21(28)18-14-29-19-6-4-3-5-17(18)19/h3-6,11-12,14-16H,7-10,13H2,1-2H3,(H,24,28)(H,23,25,26). The highest BCUT2D eigenvalue weighted by atomic mass is 32.1. The van der Waals surface area contributed by atoms with E-state index in [-0.39, 0.29) is 5.91 Å². The van der Waals surface area contributed by atoms with Crippen LogP contribution in [-0.2, 0) is 0 Å². The zero-order valence-electron chi connectivity index (χ0n) is 16.9. The van der Waals surface area contributed by atoms with Crippen LogP contribution >= 0.6 is 11.3 Å². The lowest BCUT2D eigenvalue weighted by atomic mass is 9.86. The number of nitrogens with one attached hydrogen (secondary N) is 2. The number of rotatable bonds is 6. The van der Waals surface area contributed by atoms with E-state index in [0.29, 0.717) is 17.9 Å². The molecule has 0 bridgehead atoms. The molecule has 1 amide bonds. The van der Waals surface area contributed by atoms with Gasteiger partial charge in [0.1, 0.15) is 5.82 Å². The second-order valence-electron chi connectivity index (χ2n) is 7.85. The number of thiophene rings is 1. The quantitative estimate of drug-likeness (QED) is 0.640. The third-order valence-corrected chi connectivity index (χ3v) is 6.52. The molecule has 0 unspecified atom stereocenters. The third kappa shape index (κ3) is 4.67. The van der Waals surface area contributed by atoms with E-state index in [9.17, 15) is 4.79 Å². The Labute approximate surface area is 175 Å². The van der Waals surface area contributed by atoms with Crippen molar-refractivity contribution in [1.82, 2.24) is 15.3 Å². The first-order valence-electron chi connectivity index (χ1n) is 10.1. The van der Waals surface area contributed by atoms with Crippen LogP contribution in [-0.4, -0.2) is 42.6 Å². The topological polar surface area (TPSA) is 70.2 Å². The number of hydrogen-bond donors (Lipinski definition) is 2. The Morgan fingerprint density at radius 1 is 1.17 bits per heavy atom. The summed E-state index contributed by atoms with van der Waals surface area (Å²) in [5.74, 6) is 2.16. The minimum atomic E-state index is 0.0385. The first kappa shape index (κ1) is 19.6. The molecule has 0 spiro atoms. The summed E-state index contributed by atoms with van der Waals surface area (Å²) in [7, 11) is 3.95. The minimum absolute atomic E-state index is 0.0385. The van der Waals surface area contributed by atoms with Crippen molar-refractivity contribution in [1.29, 1.82) is 0 Å². The van der Waals surface area contributed by atoms with Gasteiger partial charge in [0.25, 0.3) is 5.91 Å². The Balaban J connectivity index is 1.26. The van der Waals surface area contributed by atoms with Crippen LogP contribution in [0.2, 0.25) is 0 Å². The van der Waals surface area contributed by atoms with Gasteiger partial charge in [-0.3, -0.25) is 4.79 Å². The number of anilines is 2. The number of nitrogens with zero attached hydrogens (tertiary/aromatic N) is 3. The van der Waals surface area contributed by atoms with Crippen molar-refractivity contribution >= 4 is 39.1 Å². The van der Waals surface area contributed by atoms with E-state index in [1.807, 2.05) is 48.6 Å². The Kier molecular flexibility index (Phi) is 5.94. The molecule has 152 valence electrons. The molecule has 2 aromatic heterocycles. The van der Waals surface area contributed by atoms with Crippen molar-refractivity contribution in [2.75, 3.05) is 30.9 Å². The highest BCUT2D eigenvalue weighted by Crippen LogP contribution is 2.27. The predicted molar refractivity (Wildman–Crippen MR) is 120 cm³/mol. The fourth-order valence-electron chi connectivity index (χ4n) is 3.85. The number of amides is 1. The van der Waals surface area contributed by atoms with Crippen molar-refractivity contribution in [3.05, 3.63) is 47.5 Å². The summed E-state index contributed by atoms with van der Waals surface area (Å²) in [6.07, 6.45) is 6.11. The lowest BCUT2D eigenvalue weighted by Crippen LogP contribution is -2.34. The van der Waals surface area contributed by atoms with Crippen molar-refractivity contribution in [2.24, 2.45) is 5.92 Å². The van der Waals surface area contributed by atoms with Gasteiger partial charge < -0.3 is 15.5 Å². The maximum atomic E-state index is 12.6. The van der Waals surface area contributed by atoms with Crippen molar-refractivity contribution < 1.29 is 4.79 Å². The Bertz CT molecular complexity index is 978. The highest BCUT2D eigenvalue weighted by molar-refractivity contribution is 7.17. The Hall–Kier alpha value is -2.67. The van der Waals surface area contributed by atoms with E-state index in [4.69, 9.17) is 0 Å². The van der Waals surface area contributed by atoms with Gasteiger partial charge in [0, 0.05) is 48.3 Å². The first-order chi connectivity index (χ1) is 14.1. The van der Waals surface area contributed by atoms with Gasteiger partial charge >= 0.3 is 0 Å². The number of benzene rings is 1. The summed E-state index contributed by atoms with van der Waals surface area (Å²) in [6, 6.07) is 10.4. The summed E-state index contributed by atoms with van der Waals surface area (Å²) in [5, 5.41) is 9.62. The molecule has 29 heavy (non-hydrogen) atoms.